The number of carbonyl (C=O) groups is 1. The molecular formula is C25H25N7O. The molecule has 1 amide bonds. The Morgan fingerprint density at radius 1 is 0.909 bits per heavy atom. The van der Waals surface area contributed by atoms with E-state index in [4.69, 9.17) is 0 Å². The average Bonchev–Trinajstić information content (AvgIpc) is 3.48. The fourth-order valence-corrected chi connectivity index (χ4v) is 4.51. The first-order chi connectivity index (χ1) is 16.2. The number of amides is 1. The Bertz CT molecular complexity index is 1320. The van der Waals surface area contributed by atoms with Crippen LogP contribution in [0.1, 0.15) is 29.8 Å². The molecule has 2 aliphatic heterocycles. The van der Waals surface area contributed by atoms with Gasteiger partial charge in [0.1, 0.15) is 5.82 Å². The molecule has 8 heteroatoms. The van der Waals surface area contributed by atoms with Gasteiger partial charge in [-0.05, 0) is 49.1 Å². The zero-order chi connectivity index (χ0) is 22.2. The van der Waals surface area contributed by atoms with E-state index < -0.39 is 0 Å². The topological polar surface area (TPSA) is 90.0 Å². The normalized spacial score (nSPS) is 15.6. The van der Waals surface area contributed by atoms with Crippen LogP contribution in [-0.2, 0) is 0 Å². The average molecular weight is 440 g/mol. The summed E-state index contributed by atoms with van der Waals surface area (Å²) in [6, 6.07) is 11.9. The smallest absolute Gasteiger partial charge is 0.276 e. The molecule has 5 heterocycles. The zero-order valence-electron chi connectivity index (χ0n) is 18.3. The number of hydrogen-bond donors (Lipinski definition) is 2. The number of nitrogens with one attached hydrogen (secondary N) is 2. The molecule has 2 fully saturated rings. The number of carbonyl (C=O) groups excluding carboxylic acids is 1. The van der Waals surface area contributed by atoms with Crippen molar-refractivity contribution in [2.75, 3.05) is 41.3 Å². The minimum Gasteiger partial charge on any atom is -0.370 e. The van der Waals surface area contributed by atoms with E-state index in [-0.39, 0.29) is 5.91 Å². The molecule has 33 heavy (non-hydrogen) atoms. The number of nitrogens with zero attached hydrogens (tertiary/aromatic N) is 5. The van der Waals surface area contributed by atoms with Gasteiger partial charge >= 0.3 is 0 Å². The standard InChI is InChI=1S/C25H25N7O/c33-25(28-19-6-7-27-23(14-19)32-10-3-11-32)24-21-13-17(4-5-22(21)29-30-24)18-12-20(16-26-15-18)31-8-1-2-9-31/h4-7,12-16H,1-3,8-11H2,(H,29,30)(H,27,28,33). The highest BCUT2D eigenvalue weighted by Gasteiger charge is 2.19. The van der Waals surface area contributed by atoms with Crippen molar-refractivity contribution >= 4 is 34.0 Å². The second kappa shape index (κ2) is 8.20. The highest BCUT2D eigenvalue weighted by Crippen LogP contribution is 2.29. The number of rotatable bonds is 5. The van der Waals surface area contributed by atoms with Crippen LogP contribution in [-0.4, -0.2) is 52.3 Å². The zero-order valence-corrected chi connectivity index (χ0v) is 18.3. The third kappa shape index (κ3) is 3.77. The van der Waals surface area contributed by atoms with Crippen molar-refractivity contribution in [2.45, 2.75) is 19.3 Å². The van der Waals surface area contributed by atoms with Gasteiger partial charge in [-0.3, -0.25) is 14.9 Å². The quantitative estimate of drug-likeness (QED) is 0.487. The fraction of sp³-hybridized carbons (Fsp3) is 0.280. The SMILES string of the molecule is O=C(Nc1ccnc(N2CCC2)c1)c1n[nH]c2ccc(-c3cncc(N4CCCC4)c3)cc12. The van der Waals surface area contributed by atoms with Crippen LogP contribution in [0.3, 0.4) is 0 Å². The second-order valence-corrected chi connectivity index (χ2v) is 8.66. The van der Waals surface area contributed by atoms with Crippen LogP contribution in [0, 0.1) is 0 Å². The lowest BCUT2D eigenvalue weighted by atomic mass is 10.0. The first-order valence-electron chi connectivity index (χ1n) is 11.5. The Kier molecular flexibility index (Phi) is 4.90. The van der Waals surface area contributed by atoms with E-state index in [2.05, 4.69) is 41.3 Å². The highest BCUT2D eigenvalue weighted by molar-refractivity contribution is 6.11. The molecule has 0 saturated carbocycles. The number of aromatic nitrogens is 4. The summed E-state index contributed by atoms with van der Waals surface area (Å²) in [5.41, 5.74) is 5.09. The van der Waals surface area contributed by atoms with Gasteiger partial charge in [-0.15, -0.1) is 0 Å². The van der Waals surface area contributed by atoms with E-state index in [0.717, 1.165) is 59.7 Å². The summed E-state index contributed by atoms with van der Waals surface area (Å²) in [6.07, 6.45) is 9.14. The van der Waals surface area contributed by atoms with E-state index in [1.54, 1.807) is 12.3 Å². The summed E-state index contributed by atoms with van der Waals surface area (Å²) in [5, 5.41) is 11.1. The molecule has 2 N–H and O–H groups in total. The maximum atomic E-state index is 13.1. The highest BCUT2D eigenvalue weighted by atomic mass is 16.1. The monoisotopic (exact) mass is 439 g/mol. The van der Waals surface area contributed by atoms with Gasteiger partial charge in [0, 0.05) is 61.3 Å². The van der Waals surface area contributed by atoms with Crippen LogP contribution in [0.25, 0.3) is 22.0 Å². The summed E-state index contributed by atoms with van der Waals surface area (Å²) in [6.45, 7) is 4.16. The molecule has 0 unspecified atom stereocenters. The molecule has 166 valence electrons. The number of anilines is 3. The van der Waals surface area contributed by atoms with Gasteiger partial charge in [-0.1, -0.05) is 6.07 Å². The van der Waals surface area contributed by atoms with E-state index in [1.165, 1.54) is 19.3 Å². The van der Waals surface area contributed by atoms with Gasteiger partial charge in [-0.25, -0.2) is 4.98 Å². The molecule has 0 atom stereocenters. The molecule has 8 nitrogen and oxygen atoms in total. The van der Waals surface area contributed by atoms with E-state index in [1.807, 2.05) is 36.7 Å². The summed E-state index contributed by atoms with van der Waals surface area (Å²) in [7, 11) is 0. The molecule has 1 aromatic carbocycles. The summed E-state index contributed by atoms with van der Waals surface area (Å²) in [4.78, 5) is 26.5. The molecule has 2 saturated heterocycles. The number of pyridine rings is 2. The van der Waals surface area contributed by atoms with E-state index >= 15 is 0 Å². The van der Waals surface area contributed by atoms with Gasteiger partial charge in [0.2, 0.25) is 0 Å². The lowest BCUT2D eigenvalue weighted by Crippen LogP contribution is -2.37. The molecule has 0 radical (unpaired) electrons. The van der Waals surface area contributed by atoms with Crippen molar-refractivity contribution in [1.82, 2.24) is 20.2 Å². The molecule has 0 bridgehead atoms. The molecule has 0 spiro atoms. The first kappa shape index (κ1) is 19.7. The molecule has 4 aromatic rings. The number of benzene rings is 1. The van der Waals surface area contributed by atoms with Gasteiger partial charge in [0.15, 0.2) is 5.69 Å². The van der Waals surface area contributed by atoms with E-state index in [9.17, 15) is 4.79 Å². The number of aromatic amines is 1. The van der Waals surface area contributed by atoms with Crippen molar-refractivity contribution in [1.29, 1.82) is 0 Å². The summed E-state index contributed by atoms with van der Waals surface area (Å²) < 4.78 is 0. The summed E-state index contributed by atoms with van der Waals surface area (Å²) >= 11 is 0. The molecule has 2 aliphatic rings. The van der Waals surface area contributed by atoms with Crippen molar-refractivity contribution in [3.8, 4) is 11.1 Å². The van der Waals surface area contributed by atoms with E-state index in [0.29, 0.717) is 11.4 Å². The van der Waals surface area contributed by atoms with Crippen molar-refractivity contribution in [2.24, 2.45) is 0 Å². The van der Waals surface area contributed by atoms with Crippen LogP contribution in [0.5, 0.6) is 0 Å². The van der Waals surface area contributed by atoms with Crippen LogP contribution in [0.15, 0.2) is 55.0 Å². The molecule has 3 aromatic heterocycles. The fourth-order valence-electron chi connectivity index (χ4n) is 4.51. The van der Waals surface area contributed by atoms with Gasteiger partial charge in [0.25, 0.3) is 5.91 Å². The Balaban J connectivity index is 1.28. The minimum absolute atomic E-state index is 0.247. The van der Waals surface area contributed by atoms with Crippen LogP contribution in [0.2, 0.25) is 0 Å². The largest absolute Gasteiger partial charge is 0.370 e. The van der Waals surface area contributed by atoms with Gasteiger partial charge in [0.05, 0.1) is 17.4 Å². The molecular weight excluding hydrogens is 414 g/mol. The van der Waals surface area contributed by atoms with Crippen molar-refractivity contribution < 1.29 is 4.79 Å². The summed E-state index contributed by atoms with van der Waals surface area (Å²) in [5.74, 6) is 0.640. The third-order valence-electron chi connectivity index (χ3n) is 6.49. The van der Waals surface area contributed by atoms with Gasteiger partial charge in [-0.2, -0.15) is 5.10 Å². The first-order valence-corrected chi connectivity index (χ1v) is 11.5. The molecule has 6 rings (SSSR count). The predicted molar refractivity (Wildman–Crippen MR) is 130 cm³/mol. The Hall–Kier alpha value is -3.94. The number of H-pyrrole nitrogens is 1. The lowest BCUT2D eigenvalue weighted by Gasteiger charge is -2.32. The van der Waals surface area contributed by atoms with Crippen molar-refractivity contribution in [3.63, 3.8) is 0 Å². The maximum Gasteiger partial charge on any atom is 0.276 e. The Morgan fingerprint density at radius 3 is 2.58 bits per heavy atom. The minimum atomic E-state index is -0.247. The number of fused-ring (bicyclic) bond motifs is 1. The van der Waals surface area contributed by atoms with Crippen LogP contribution < -0.4 is 15.1 Å². The van der Waals surface area contributed by atoms with Crippen LogP contribution in [0.4, 0.5) is 17.2 Å². The third-order valence-corrected chi connectivity index (χ3v) is 6.49. The Labute approximate surface area is 191 Å². The maximum absolute atomic E-state index is 13.1. The van der Waals surface area contributed by atoms with Gasteiger partial charge < -0.3 is 15.1 Å². The number of hydrogen-bond acceptors (Lipinski definition) is 6. The lowest BCUT2D eigenvalue weighted by molar-refractivity contribution is 0.102. The van der Waals surface area contributed by atoms with Crippen LogP contribution >= 0.6 is 0 Å². The second-order valence-electron chi connectivity index (χ2n) is 8.66. The predicted octanol–water partition coefficient (Wildman–Crippen LogP) is 4.08. The Morgan fingerprint density at radius 2 is 1.76 bits per heavy atom. The van der Waals surface area contributed by atoms with Crippen molar-refractivity contribution in [3.05, 3.63) is 60.7 Å². The molecule has 0 aliphatic carbocycles.